The first kappa shape index (κ1) is 17.7. The van der Waals surface area contributed by atoms with Crippen molar-refractivity contribution in [3.8, 4) is 5.75 Å². The van der Waals surface area contributed by atoms with E-state index in [-0.39, 0.29) is 24.6 Å². The first-order valence-electron chi connectivity index (χ1n) is 8.41. The van der Waals surface area contributed by atoms with E-state index in [1.807, 2.05) is 0 Å². The number of thiazole rings is 1. The van der Waals surface area contributed by atoms with Gasteiger partial charge in [0.15, 0.2) is 0 Å². The number of ether oxygens (including phenoxy) is 2. The number of carbonyl (C=O) groups is 1. The maximum absolute atomic E-state index is 12.9. The highest BCUT2D eigenvalue weighted by Crippen LogP contribution is 2.22. The number of likely N-dealkylation sites (tertiary alicyclic amines) is 1. The quantitative estimate of drug-likeness (QED) is 0.769. The molecule has 1 saturated heterocycles. The molecule has 0 N–H and O–H groups in total. The van der Waals surface area contributed by atoms with Crippen LogP contribution in [-0.4, -0.2) is 35.2 Å². The van der Waals surface area contributed by atoms with Crippen LogP contribution in [0.25, 0.3) is 0 Å². The summed E-state index contributed by atoms with van der Waals surface area (Å²) in [6.45, 7) is 1.45. The molecule has 2 aromatic rings. The van der Waals surface area contributed by atoms with Crippen molar-refractivity contribution in [1.82, 2.24) is 9.88 Å². The van der Waals surface area contributed by atoms with Crippen LogP contribution in [0.15, 0.2) is 36.0 Å². The third kappa shape index (κ3) is 5.16. The van der Waals surface area contributed by atoms with E-state index in [1.165, 1.54) is 23.5 Å². The molecule has 1 aliphatic heterocycles. The Labute approximate surface area is 150 Å². The van der Waals surface area contributed by atoms with Crippen LogP contribution in [0, 0.1) is 5.82 Å². The van der Waals surface area contributed by atoms with Gasteiger partial charge in [-0.25, -0.2) is 9.18 Å². The second-order valence-electron chi connectivity index (χ2n) is 5.96. The van der Waals surface area contributed by atoms with Gasteiger partial charge < -0.3 is 14.4 Å². The van der Waals surface area contributed by atoms with Gasteiger partial charge in [-0.2, -0.15) is 0 Å². The van der Waals surface area contributed by atoms with Crippen molar-refractivity contribution < 1.29 is 18.7 Å². The lowest BCUT2D eigenvalue weighted by molar-refractivity contribution is 0.0628. The van der Waals surface area contributed by atoms with Crippen LogP contribution in [0.3, 0.4) is 0 Å². The second kappa shape index (κ2) is 8.80. The summed E-state index contributed by atoms with van der Waals surface area (Å²) in [4.78, 5) is 19.1. The predicted molar refractivity (Wildman–Crippen MR) is 93.2 cm³/mol. The summed E-state index contributed by atoms with van der Waals surface area (Å²) in [6.07, 6.45) is 5.20. The topological polar surface area (TPSA) is 51.7 Å². The molecule has 1 fully saturated rings. The largest absolute Gasteiger partial charge is 0.494 e. The fraction of sp³-hybridized carbons (Fsp3) is 0.444. The van der Waals surface area contributed by atoms with Crippen LogP contribution in [0.4, 0.5) is 9.18 Å². The van der Waals surface area contributed by atoms with Crippen LogP contribution in [0.2, 0.25) is 0 Å². The van der Waals surface area contributed by atoms with Gasteiger partial charge in [-0.15, -0.1) is 11.3 Å². The van der Waals surface area contributed by atoms with Crippen LogP contribution < -0.4 is 4.74 Å². The molecule has 7 heteroatoms. The van der Waals surface area contributed by atoms with Crippen molar-refractivity contribution in [3.05, 3.63) is 46.7 Å². The molecule has 3 rings (SSSR count). The Morgan fingerprint density at radius 1 is 1.32 bits per heavy atom. The summed E-state index contributed by atoms with van der Waals surface area (Å²) in [5.74, 6) is 0.353. The zero-order valence-corrected chi connectivity index (χ0v) is 14.7. The fourth-order valence-corrected chi connectivity index (χ4v) is 3.42. The first-order chi connectivity index (χ1) is 12.2. The zero-order chi connectivity index (χ0) is 17.5. The maximum atomic E-state index is 12.9. The number of hydrogen-bond donors (Lipinski definition) is 0. The van der Waals surface area contributed by atoms with E-state index < -0.39 is 0 Å². The molecular formula is C18H21FN2O3S. The van der Waals surface area contributed by atoms with Gasteiger partial charge in [-0.05, 0) is 43.5 Å². The van der Waals surface area contributed by atoms with Crippen molar-refractivity contribution in [3.63, 3.8) is 0 Å². The van der Waals surface area contributed by atoms with Crippen LogP contribution in [-0.2, 0) is 11.3 Å². The number of carbonyl (C=O) groups excluding carboxylic acids is 1. The average molecular weight is 364 g/mol. The summed E-state index contributed by atoms with van der Waals surface area (Å²) in [7, 11) is 0. The smallest absolute Gasteiger partial charge is 0.410 e. The molecular weight excluding hydrogens is 343 g/mol. The van der Waals surface area contributed by atoms with Gasteiger partial charge in [0.05, 0.1) is 17.0 Å². The minimum Gasteiger partial charge on any atom is -0.494 e. The lowest BCUT2D eigenvalue weighted by atomic mass is 10.0. The van der Waals surface area contributed by atoms with E-state index in [1.54, 1.807) is 28.7 Å². The van der Waals surface area contributed by atoms with Crippen LogP contribution in [0.5, 0.6) is 5.75 Å². The average Bonchev–Trinajstić information content (AvgIpc) is 3.15. The van der Waals surface area contributed by atoms with Crippen molar-refractivity contribution in [2.24, 2.45) is 0 Å². The molecule has 0 spiro atoms. The first-order valence-corrected chi connectivity index (χ1v) is 9.29. The highest BCUT2D eigenvalue weighted by Gasteiger charge is 2.27. The molecule has 1 unspecified atom stereocenters. The van der Waals surface area contributed by atoms with Gasteiger partial charge in [-0.1, -0.05) is 0 Å². The molecule has 5 nitrogen and oxygen atoms in total. The summed E-state index contributed by atoms with van der Waals surface area (Å²) in [5, 5.41) is 0. The number of halogens is 1. The molecule has 1 aliphatic rings. The molecule has 134 valence electrons. The Balaban J connectivity index is 1.48. The summed E-state index contributed by atoms with van der Waals surface area (Å²) in [6, 6.07) is 6.08. The minimum absolute atomic E-state index is 0.114. The minimum atomic E-state index is -0.283. The summed E-state index contributed by atoms with van der Waals surface area (Å²) >= 11 is 1.47. The number of amides is 1. The number of rotatable bonds is 6. The van der Waals surface area contributed by atoms with E-state index in [0.29, 0.717) is 18.9 Å². The maximum Gasteiger partial charge on any atom is 0.410 e. The SMILES string of the molecule is O=C(OCc1cncs1)N1CCCCC1CCOc1ccc(F)cc1. The molecule has 1 atom stereocenters. The van der Waals surface area contributed by atoms with E-state index >= 15 is 0 Å². The van der Waals surface area contributed by atoms with Crippen molar-refractivity contribution in [2.45, 2.75) is 38.3 Å². The van der Waals surface area contributed by atoms with Crippen molar-refractivity contribution >= 4 is 17.4 Å². The van der Waals surface area contributed by atoms with Gasteiger partial charge in [0.1, 0.15) is 18.2 Å². The molecule has 1 aromatic heterocycles. The van der Waals surface area contributed by atoms with Crippen molar-refractivity contribution in [1.29, 1.82) is 0 Å². The van der Waals surface area contributed by atoms with Crippen LogP contribution >= 0.6 is 11.3 Å². The highest BCUT2D eigenvalue weighted by molar-refractivity contribution is 7.09. The Hall–Kier alpha value is -2.15. The monoisotopic (exact) mass is 364 g/mol. The van der Waals surface area contributed by atoms with Gasteiger partial charge in [0.25, 0.3) is 0 Å². The standard InChI is InChI=1S/C18H21FN2O3S/c19-14-4-6-16(7-5-14)23-10-8-15-3-1-2-9-21(15)18(22)24-12-17-11-20-13-25-17/h4-7,11,13,15H,1-3,8-10,12H2. The van der Waals surface area contributed by atoms with Crippen molar-refractivity contribution in [2.75, 3.05) is 13.2 Å². The molecule has 0 bridgehead atoms. The van der Waals surface area contributed by atoms with Gasteiger partial charge in [0, 0.05) is 25.2 Å². The van der Waals surface area contributed by atoms with E-state index in [4.69, 9.17) is 9.47 Å². The Morgan fingerprint density at radius 2 is 2.16 bits per heavy atom. The normalized spacial score (nSPS) is 17.3. The molecule has 0 saturated carbocycles. The molecule has 0 radical (unpaired) electrons. The van der Waals surface area contributed by atoms with Gasteiger partial charge in [-0.3, -0.25) is 4.98 Å². The third-order valence-corrected chi connectivity index (χ3v) is 4.97. The molecule has 25 heavy (non-hydrogen) atoms. The van der Waals surface area contributed by atoms with Gasteiger partial charge >= 0.3 is 6.09 Å². The predicted octanol–water partition coefficient (Wildman–Crippen LogP) is 4.24. The number of hydrogen-bond acceptors (Lipinski definition) is 5. The lowest BCUT2D eigenvalue weighted by Gasteiger charge is -2.34. The van der Waals surface area contributed by atoms with Gasteiger partial charge in [0.2, 0.25) is 0 Å². The summed E-state index contributed by atoms with van der Waals surface area (Å²) in [5.41, 5.74) is 1.72. The molecule has 2 heterocycles. The van der Waals surface area contributed by atoms with E-state index in [2.05, 4.69) is 4.98 Å². The fourth-order valence-electron chi connectivity index (χ4n) is 2.91. The lowest BCUT2D eigenvalue weighted by Crippen LogP contribution is -2.44. The molecule has 1 aromatic carbocycles. The van der Waals surface area contributed by atoms with E-state index in [0.717, 1.165) is 30.6 Å². The molecule has 1 amide bonds. The number of piperidine rings is 1. The zero-order valence-electron chi connectivity index (χ0n) is 13.9. The Bertz CT molecular complexity index is 663. The Morgan fingerprint density at radius 3 is 2.92 bits per heavy atom. The molecule has 0 aliphatic carbocycles. The number of nitrogens with zero attached hydrogens (tertiary/aromatic N) is 2. The number of aromatic nitrogens is 1. The van der Waals surface area contributed by atoms with E-state index in [9.17, 15) is 9.18 Å². The van der Waals surface area contributed by atoms with Crippen LogP contribution in [0.1, 0.15) is 30.6 Å². The highest BCUT2D eigenvalue weighted by atomic mass is 32.1. The number of benzene rings is 1. The second-order valence-corrected chi connectivity index (χ2v) is 6.93. The summed E-state index contributed by atoms with van der Waals surface area (Å²) < 4.78 is 24.0. The Kier molecular flexibility index (Phi) is 6.22. The third-order valence-electron chi connectivity index (χ3n) is 4.22.